The van der Waals surface area contributed by atoms with Gasteiger partial charge in [0.1, 0.15) is 6.07 Å². The largest absolute Gasteiger partial charge is 0.192 e. The van der Waals surface area contributed by atoms with Crippen molar-refractivity contribution < 1.29 is 0 Å². The molecule has 0 fully saturated rings. The number of allylic oxidation sites excluding steroid dienone is 1. The summed E-state index contributed by atoms with van der Waals surface area (Å²) in [5, 5.41) is 9.82. The van der Waals surface area contributed by atoms with E-state index in [0.717, 1.165) is 21.2 Å². The molecule has 0 radical (unpaired) electrons. The summed E-state index contributed by atoms with van der Waals surface area (Å²) in [6, 6.07) is 17.5. The number of nitrogens with zero attached hydrogens (tertiary/aromatic N) is 1. The lowest BCUT2D eigenvalue weighted by atomic mass is 10.0. The molecule has 2 aromatic carbocycles. The van der Waals surface area contributed by atoms with Crippen LogP contribution in [0, 0.1) is 18.3 Å². The van der Waals surface area contributed by atoms with Crippen LogP contribution in [0.25, 0.3) is 10.6 Å². The minimum Gasteiger partial charge on any atom is -0.192 e. The van der Waals surface area contributed by atoms with Gasteiger partial charge in [-0.15, -0.1) is 0 Å². The van der Waals surface area contributed by atoms with E-state index in [0.29, 0.717) is 10.6 Å². The van der Waals surface area contributed by atoms with E-state index in [9.17, 15) is 5.26 Å². The molecule has 0 saturated carbocycles. The third-order valence-electron chi connectivity index (χ3n) is 2.69. The second kappa shape index (κ2) is 6.06. The summed E-state index contributed by atoms with van der Waals surface area (Å²) >= 11 is 9.83. The predicted molar refractivity (Wildman–Crippen MR) is 83.6 cm³/mol. The number of nitriles is 1. The molecule has 0 spiro atoms. The smallest absolute Gasteiger partial charge is 0.101 e. The van der Waals surface area contributed by atoms with Crippen molar-refractivity contribution in [1.82, 2.24) is 0 Å². The van der Waals surface area contributed by atoms with E-state index in [-0.39, 0.29) is 0 Å². The maximum atomic E-state index is 9.35. The first kappa shape index (κ1) is 13.9. The average molecular weight is 333 g/mol. The van der Waals surface area contributed by atoms with Crippen LogP contribution in [0.3, 0.4) is 0 Å². The Bertz CT molecular complexity index is 649. The number of rotatable bonds is 2. The van der Waals surface area contributed by atoms with Crippen molar-refractivity contribution in [2.45, 2.75) is 6.92 Å². The third kappa shape index (κ3) is 3.26. The Morgan fingerprint density at radius 3 is 2.37 bits per heavy atom. The monoisotopic (exact) mass is 331 g/mol. The molecule has 0 atom stereocenters. The molecule has 94 valence electrons. The summed E-state index contributed by atoms with van der Waals surface area (Å²) in [6.07, 6.45) is 0. The van der Waals surface area contributed by atoms with E-state index in [1.54, 1.807) is 0 Å². The summed E-state index contributed by atoms with van der Waals surface area (Å²) in [7, 11) is 0. The summed E-state index contributed by atoms with van der Waals surface area (Å²) in [6.45, 7) is 1.99. The molecule has 0 saturated heterocycles. The fraction of sp³-hybridized carbons (Fsp3) is 0.0625. The zero-order chi connectivity index (χ0) is 13.8. The highest BCUT2D eigenvalue weighted by molar-refractivity contribution is 9.10. The maximum absolute atomic E-state index is 9.35. The van der Waals surface area contributed by atoms with Crippen molar-refractivity contribution >= 4 is 38.1 Å². The molecule has 0 bridgehead atoms. The SMILES string of the molecule is Cc1cc(Br)cc(/C(Cl)=C(/C#N)c2ccccc2)c1. The first-order valence-corrected chi connectivity index (χ1v) is 6.92. The summed E-state index contributed by atoms with van der Waals surface area (Å²) in [4.78, 5) is 0. The molecule has 0 aromatic heterocycles. The molecule has 1 nitrogen and oxygen atoms in total. The molecule has 0 N–H and O–H groups in total. The van der Waals surface area contributed by atoms with Crippen LogP contribution in [0.2, 0.25) is 0 Å². The van der Waals surface area contributed by atoms with Gasteiger partial charge in [0.05, 0.1) is 10.6 Å². The van der Waals surface area contributed by atoms with E-state index in [4.69, 9.17) is 11.6 Å². The van der Waals surface area contributed by atoms with Gasteiger partial charge in [0.15, 0.2) is 0 Å². The summed E-state index contributed by atoms with van der Waals surface area (Å²) < 4.78 is 0.950. The topological polar surface area (TPSA) is 23.8 Å². The fourth-order valence-electron chi connectivity index (χ4n) is 1.85. The van der Waals surface area contributed by atoms with Crippen LogP contribution in [-0.2, 0) is 0 Å². The van der Waals surface area contributed by atoms with E-state index in [1.807, 2.05) is 55.5 Å². The van der Waals surface area contributed by atoms with E-state index in [2.05, 4.69) is 22.0 Å². The average Bonchev–Trinajstić information content (AvgIpc) is 2.39. The van der Waals surface area contributed by atoms with Gasteiger partial charge in [-0.05, 0) is 35.7 Å². The highest BCUT2D eigenvalue weighted by Gasteiger charge is 2.10. The Hall–Kier alpha value is -1.56. The molecular formula is C16H11BrClN. The number of halogens is 2. The van der Waals surface area contributed by atoms with Crippen LogP contribution in [0.1, 0.15) is 16.7 Å². The van der Waals surface area contributed by atoms with Gasteiger partial charge in [0.25, 0.3) is 0 Å². The molecule has 0 amide bonds. The Labute approximate surface area is 126 Å². The normalized spacial score (nSPS) is 11.7. The molecule has 0 aliphatic rings. The number of hydrogen-bond donors (Lipinski definition) is 0. The minimum absolute atomic E-state index is 0.470. The predicted octanol–water partition coefficient (Wildman–Crippen LogP) is 5.39. The van der Waals surface area contributed by atoms with Crippen molar-refractivity contribution in [2.24, 2.45) is 0 Å². The number of hydrogen-bond acceptors (Lipinski definition) is 1. The van der Waals surface area contributed by atoms with Crippen LogP contribution in [0.15, 0.2) is 53.0 Å². The Kier molecular flexibility index (Phi) is 4.42. The minimum atomic E-state index is 0.470. The first-order chi connectivity index (χ1) is 9.11. The molecule has 2 aromatic rings. The van der Waals surface area contributed by atoms with Gasteiger partial charge in [-0.3, -0.25) is 0 Å². The van der Waals surface area contributed by atoms with Gasteiger partial charge >= 0.3 is 0 Å². The Balaban J connectivity index is 2.59. The molecule has 0 aliphatic heterocycles. The molecule has 19 heavy (non-hydrogen) atoms. The highest BCUT2D eigenvalue weighted by Crippen LogP contribution is 2.31. The zero-order valence-corrected chi connectivity index (χ0v) is 12.7. The summed E-state index contributed by atoms with van der Waals surface area (Å²) in [5.74, 6) is 0. The summed E-state index contributed by atoms with van der Waals surface area (Å²) in [5.41, 5.74) is 3.24. The van der Waals surface area contributed by atoms with Gasteiger partial charge in [0.2, 0.25) is 0 Å². The van der Waals surface area contributed by atoms with Crippen molar-refractivity contribution in [3.05, 3.63) is 69.7 Å². The van der Waals surface area contributed by atoms with E-state index < -0.39 is 0 Å². The molecular weight excluding hydrogens is 322 g/mol. The number of benzene rings is 2. The Morgan fingerprint density at radius 1 is 1.11 bits per heavy atom. The van der Waals surface area contributed by atoms with Gasteiger partial charge in [0, 0.05) is 4.47 Å². The standard InChI is InChI=1S/C16H11BrClN/c1-11-7-13(9-14(17)8-11)16(18)15(10-19)12-5-3-2-4-6-12/h2-9H,1H3/b16-15+. The van der Waals surface area contributed by atoms with Gasteiger partial charge < -0.3 is 0 Å². The molecule has 3 heteroatoms. The quantitative estimate of drug-likeness (QED) is 0.534. The van der Waals surface area contributed by atoms with Crippen molar-refractivity contribution in [1.29, 1.82) is 5.26 Å². The van der Waals surface area contributed by atoms with Crippen LogP contribution >= 0.6 is 27.5 Å². The number of aryl methyl sites for hydroxylation is 1. The first-order valence-electron chi connectivity index (χ1n) is 5.74. The Morgan fingerprint density at radius 2 is 1.79 bits per heavy atom. The van der Waals surface area contributed by atoms with Crippen LogP contribution in [-0.4, -0.2) is 0 Å². The van der Waals surface area contributed by atoms with Crippen molar-refractivity contribution in [3.63, 3.8) is 0 Å². The van der Waals surface area contributed by atoms with Gasteiger partial charge in [-0.25, -0.2) is 0 Å². The molecule has 0 aliphatic carbocycles. The second-order valence-electron chi connectivity index (χ2n) is 4.18. The molecule has 0 unspecified atom stereocenters. The van der Waals surface area contributed by atoms with Crippen molar-refractivity contribution in [3.8, 4) is 6.07 Å². The highest BCUT2D eigenvalue weighted by atomic mass is 79.9. The van der Waals surface area contributed by atoms with E-state index in [1.165, 1.54) is 0 Å². The lowest BCUT2D eigenvalue weighted by molar-refractivity contribution is 1.43. The zero-order valence-electron chi connectivity index (χ0n) is 10.3. The van der Waals surface area contributed by atoms with Crippen LogP contribution < -0.4 is 0 Å². The lowest BCUT2D eigenvalue weighted by Gasteiger charge is -2.06. The maximum Gasteiger partial charge on any atom is 0.101 e. The second-order valence-corrected chi connectivity index (χ2v) is 5.48. The molecule has 0 heterocycles. The van der Waals surface area contributed by atoms with Gasteiger partial charge in [-0.2, -0.15) is 5.26 Å². The van der Waals surface area contributed by atoms with Crippen molar-refractivity contribution in [2.75, 3.05) is 0 Å². The molecule has 2 rings (SSSR count). The van der Waals surface area contributed by atoms with Crippen LogP contribution in [0.5, 0.6) is 0 Å². The lowest BCUT2D eigenvalue weighted by Crippen LogP contribution is -1.87. The van der Waals surface area contributed by atoms with E-state index >= 15 is 0 Å². The fourth-order valence-corrected chi connectivity index (χ4v) is 2.72. The third-order valence-corrected chi connectivity index (χ3v) is 3.55. The van der Waals surface area contributed by atoms with Gasteiger partial charge in [-0.1, -0.05) is 63.9 Å². The van der Waals surface area contributed by atoms with Crippen LogP contribution in [0.4, 0.5) is 0 Å².